The molecule has 0 aliphatic rings. The van der Waals surface area contributed by atoms with Gasteiger partial charge in [-0.15, -0.1) is 0 Å². The van der Waals surface area contributed by atoms with Gasteiger partial charge in [-0.3, -0.25) is 9.36 Å². The van der Waals surface area contributed by atoms with Crippen molar-refractivity contribution in [2.75, 3.05) is 6.61 Å². The number of unbranched alkanes of at least 4 members (excludes halogenated alkanes) is 3. The van der Waals surface area contributed by atoms with Gasteiger partial charge < -0.3 is 4.74 Å². The zero-order valence-electron chi connectivity index (χ0n) is 14.9. The number of hydrogen-bond donors (Lipinski definition) is 0. The number of pyridine rings is 2. The average molecular weight is 348 g/mol. The minimum Gasteiger partial charge on any atom is -0.494 e. The summed E-state index contributed by atoms with van der Waals surface area (Å²) >= 11 is 0. The van der Waals surface area contributed by atoms with Crippen molar-refractivity contribution in [3.63, 3.8) is 0 Å². The summed E-state index contributed by atoms with van der Waals surface area (Å²) in [6.07, 6.45) is 6.90. The van der Waals surface area contributed by atoms with Crippen LogP contribution in [0.25, 0.3) is 5.82 Å². The molecule has 0 amide bonds. The highest BCUT2D eigenvalue weighted by atomic mass is 16.5. The Hall–Kier alpha value is -2.88. The van der Waals surface area contributed by atoms with Crippen LogP contribution in [0, 0.1) is 0 Å². The van der Waals surface area contributed by atoms with Crippen LogP contribution >= 0.6 is 0 Å². The first-order valence-electron chi connectivity index (χ1n) is 9.15. The summed E-state index contributed by atoms with van der Waals surface area (Å²) in [6.45, 7) is 0.744. The van der Waals surface area contributed by atoms with Gasteiger partial charge in [0.25, 0.3) is 5.56 Å². The van der Waals surface area contributed by atoms with Crippen LogP contribution in [0.1, 0.15) is 31.4 Å². The van der Waals surface area contributed by atoms with Crippen molar-refractivity contribution < 1.29 is 4.74 Å². The summed E-state index contributed by atoms with van der Waals surface area (Å²) in [6, 6.07) is 20.9. The molecular weight excluding hydrogens is 324 g/mol. The summed E-state index contributed by atoms with van der Waals surface area (Å²) in [4.78, 5) is 16.6. The molecule has 3 rings (SSSR count). The van der Waals surface area contributed by atoms with Crippen LogP contribution in [0.5, 0.6) is 5.75 Å². The van der Waals surface area contributed by atoms with E-state index in [2.05, 4.69) is 4.98 Å². The van der Waals surface area contributed by atoms with Crippen molar-refractivity contribution in [1.29, 1.82) is 0 Å². The van der Waals surface area contributed by atoms with Crippen molar-refractivity contribution in [3.05, 3.63) is 89.0 Å². The molecule has 0 saturated heterocycles. The lowest BCUT2D eigenvalue weighted by atomic mass is 10.1. The van der Waals surface area contributed by atoms with Gasteiger partial charge in [-0.25, -0.2) is 4.98 Å². The lowest BCUT2D eigenvalue weighted by Crippen LogP contribution is -2.21. The van der Waals surface area contributed by atoms with E-state index in [-0.39, 0.29) is 5.56 Å². The van der Waals surface area contributed by atoms with Gasteiger partial charge in [0.05, 0.1) is 6.61 Å². The van der Waals surface area contributed by atoms with Crippen LogP contribution in [-0.2, 0) is 6.42 Å². The third-order valence-electron chi connectivity index (χ3n) is 4.25. The van der Waals surface area contributed by atoms with E-state index in [9.17, 15) is 4.79 Å². The Bertz CT molecular complexity index is 845. The van der Waals surface area contributed by atoms with Gasteiger partial charge in [0, 0.05) is 18.0 Å². The van der Waals surface area contributed by atoms with Crippen LogP contribution in [-0.4, -0.2) is 16.2 Å². The number of rotatable bonds is 9. The van der Waals surface area contributed by atoms with Crippen molar-refractivity contribution in [2.24, 2.45) is 0 Å². The van der Waals surface area contributed by atoms with Gasteiger partial charge in [-0.1, -0.05) is 43.2 Å². The molecule has 0 bridgehead atoms. The van der Waals surface area contributed by atoms with E-state index in [0.717, 1.165) is 50.2 Å². The van der Waals surface area contributed by atoms with Crippen LogP contribution < -0.4 is 10.3 Å². The molecule has 2 aromatic heterocycles. The van der Waals surface area contributed by atoms with Crippen molar-refractivity contribution in [1.82, 2.24) is 9.55 Å². The maximum absolute atomic E-state index is 12.3. The second kappa shape index (κ2) is 9.56. The topological polar surface area (TPSA) is 44.1 Å². The first-order chi connectivity index (χ1) is 12.8. The van der Waals surface area contributed by atoms with E-state index in [1.165, 1.54) is 0 Å². The second-order valence-electron chi connectivity index (χ2n) is 6.20. The maximum atomic E-state index is 12.3. The monoisotopic (exact) mass is 348 g/mol. The number of para-hydroxylation sites is 1. The molecule has 2 heterocycles. The zero-order chi connectivity index (χ0) is 18.0. The number of hydrogen-bond acceptors (Lipinski definition) is 3. The minimum atomic E-state index is -0.0301. The van der Waals surface area contributed by atoms with Crippen LogP contribution in [0.2, 0.25) is 0 Å². The van der Waals surface area contributed by atoms with Gasteiger partial charge in [0.15, 0.2) is 0 Å². The van der Waals surface area contributed by atoms with Crippen LogP contribution in [0.3, 0.4) is 0 Å². The fourth-order valence-corrected chi connectivity index (χ4v) is 2.94. The Kier molecular flexibility index (Phi) is 6.59. The standard InChI is InChI=1S/C22H24N2O2/c25-22-16-10-12-19(24(22)21-15-7-8-17-23-21)11-4-1-2-9-18-26-20-13-5-3-6-14-20/h3,5-8,10,12-17H,1-2,4,9,11,18H2. The molecule has 0 spiro atoms. The van der Waals surface area contributed by atoms with Crippen molar-refractivity contribution >= 4 is 0 Å². The van der Waals surface area contributed by atoms with Gasteiger partial charge in [0.1, 0.15) is 11.6 Å². The number of nitrogens with zero attached hydrogens (tertiary/aromatic N) is 2. The maximum Gasteiger partial charge on any atom is 0.256 e. The molecule has 4 heteroatoms. The van der Waals surface area contributed by atoms with Crippen LogP contribution in [0.15, 0.2) is 77.7 Å². The lowest BCUT2D eigenvalue weighted by molar-refractivity contribution is 0.304. The van der Waals surface area contributed by atoms with E-state index in [1.54, 1.807) is 16.8 Å². The minimum absolute atomic E-state index is 0.0301. The Balaban J connectivity index is 1.45. The zero-order valence-corrected chi connectivity index (χ0v) is 14.9. The Morgan fingerprint density at radius 1 is 0.808 bits per heavy atom. The van der Waals surface area contributed by atoms with Gasteiger partial charge in [0.2, 0.25) is 0 Å². The molecule has 0 N–H and O–H groups in total. The second-order valence-corrected chi connectivity index (χ2v) is 6.20. The van der Waals surface area contributed by atoms with E-state index in [4.69, 9.17) is 4.74 Å². The molecule has 134 valence electrons. The molecule has 3 aromatic rings. The quantitative estimate of drug-likeness (QED) is 0.538. The van der Waals surface area contributed by atoms with E-state index in [1.807, 2.05) is 60.7 Å². The number of benzene rings is 1. The molecule has 0 saturated carbocycles. The van der Waals surface area contributed by atoms with E-state index in [0.29, 0.717) is 5.82 Å². The highest BCUT2D eigenvalue weighted by Crippen LogP contribution is 2.12. The largest absolute Gasteiger partial charge is 0.494 e. The highest BCUT2D eigenvalue weighted by Gasteiger charge is 2.06. The average Bonchev–Trinajstić information content (AvgIpc) is 2.69. The number of ether oxygens (including phenoxy) is 1. The van der Waals surface area contributed by atoms with Crippen molar-refractivity contribution in [3.8, 4) is 11.6 Å². The molecule has 26 heavy (non-hydrogen) atoms. The summed E-state index contributed by atoms with van der Waals surface area (Å²) in [5.74, 6) is 1.61. The van der Waals surface area contributed by atoms with E-state index >= 15 is 0 Å². The number of aromatic nitrogens is 2. The first kappa shape index (κ1) is 17.9. The SMILES string of the molecule is O=c1cccc(CCCCCCOc2ccccc2)n1-c1ccccn1. The molecule has 1 aromatic carbocycles. The summed E-state index contributed by atoms with van der Waals surface area (Å²) < 4.78 is 7.42. The molecule has 0 atom stereocenters. The summed E-state index contributed by atoms with van der Waals surface area (Å²) in [5.41, 5.74) is 0.981. The fraction of sp³-hybridized carbons (Fsp3) is 0.273. The molecular formula is C22H24N2O2. The highest BCUT2D eigenvalue weighted by molar-refractivity contribution is 5.26. The normalized spacial score (nSPS) is 10.6. The van der Waals surface area contributed by atoms with Crippen molar-refractivity contribution in [2.45, 2.75) is 32.1 Å². The third kappa shape index (κ3) is 5.06. The Morgan fingerprint density at radius 2 is 1.62 bits per heavy atom. The van der Waals surface area contributed by atoms with Gasteiger partial charge in [-0.2, -0.15) is 0 Å². The first-order valence-corrected chi connectivity index (χ1v) is 9.15. The van der Waals surface area contributed by atoms with E-state index < -0.39 is 0 Å². The van der Waals surface area contributed by atoms with Gasteiger partial charge in [-0.05, 0) is 49.6 Å². The molecule has 0 aliphatic carbocycles. The molecule has 0 fully saturated rings. The summed E-state index contributed by atoms with van der Waals surface area (Å²) in [5, 5.41) is 0. The summed E-state index contributed by atoms with van der Waals surface area (Å²) in [7, 11) is 0. The predicted molar refractivity (Wildman–Crippen MR) is 104 cm³/mol. The molecule has 0 unspecified atom stereocenters. The molecule has 0 aliphatic heterocycles. The fourth-order valence-electron chi connectivity index (χ4n) is 2.94. The smallest absolute Gasteiger partial charge is 0.256 e. The molecule has 0 radical (unpaired) electrons. The Labute approximate surface area is 154 Å². The Morgan fingerprint density at radius 3 is 2.42 bits per heavy atom. The predicted octanol–water partition coefficient (Wildman–Crippen LogP) is 4.41. The molecule has 4 nitrogen and oxygen atoms in total. The third-order valence-corrected chi connectivity index (χ3v) is 4.25. The lowest BCUT2D eigenvalue weighted by Gasteiger charge is -2.11. The van der Waals surface area contributed by atoms with Gasteiger partial charge >= 0.3 is 0 Å². The van der Waals surface area contributed by atoms with Crippen LogP contribution in [0.4, 0.5) is 0 Å². The number of aryl methyl sites for hydroxylation is 1.